The molecule has 27 heavy (non-hydrogen) atoms. The second-order valence-electron chi connectivity index (χ2n) is 7.25. The van der Waals surface area contributed by atoms with Crippen molar-refractivity contribution in [2.24, 2.45) is 5.10 Å². The fourth-order valence-corrected chi connectivity index (χ4v) is 3.93. The lowest BCUT2D eigenvalue weighted by molar-refractivity contribution is -0.118. The van der Waals surface area contributed by atoms with Crippen molar-refractivity contribution >= 4 is 46.6 Å². The number of nitrogens with one attached hydrogen (secondary N) is 1. The first kappa shape index (κ1) is 21.8. The van der Waals surface area contributed by atoms with Gasteiger partial charge in [-0.15, -0.1) is 11.8 Å². The SMILES string of the molecule is C/C(=N/NC(=O)CSCc1c(Cl)cccc1Cl)c1ccc(C(C)(C)C)cc1. The number of halogens is 2. The van der Waals surface area contributed by atoms with E-state index < -0.39 is 0 Å². The van der Waals surface area contributed by atoms with Crippen LogP contribution in [0.15, 0.2) is 47.6 Å². The van der Waals surface area contributed by atoms with Gasteiger partial charge >= 0.3 is 0 Å². The minimum Gasteiger partial charge on any atom is -0.272 e. The van der Waals surface area contributed by atoms with E-state index in [0.29, 0.717) is 15.8 Å². The molecular weight excluding hydrogens is 399 g/mol. The van der Waals surface area contributed by atoms with Crippen LogP contribution in [0.5, 0.6) is 0 Å². The first-order valence-corrected chi connectivity index (χ1v) is 10.5. The van der Waals surface area contributed by atoms with Crippen LogP contribution in [0.1, 0.15) is 44.4 Å². The minimum absolute atomic E-state index is 0.111. The summed E-state index contributed by atoms with van der Waals surface area (Å²) in [4.78, 5) is 12.0. The third-order valence-corrected chi connectivity index (χ3v) is 5.73. The zero-order valence-electron chi connectivity index (χ0n) is 16.0. The van der Waals surface area contributed by atoms with Crippen LogP contribution >= 0.6 is 35.0 Å². The highest BCUT2D eigenvalue weighted by Crippen LogP contribution is 2.28. The summed E-state index contributed by atoms with van der Waals surface area (Å²) in [7, 11) is 0. The topological polar surface area (TPSA) is 41.5 Å². The van der Waals surface area contributed by atoms with Gasteiger partial charge in [-0.1, -0.05) is 74.3 Å². The molecule has 2 rings (SSSR count). The molecule has 0 aliphatic rings. The van der Waals surface area contributed by atoms with Crippen LogP contribution < -0.4 is 5.43 Å². The van der Waals surface area contributed by atoms with Crippen LogP contribution in [-0.4, -0.2) is 17.4 Å². The fourth-order valence-electron chi connectivity index (χ4n) is 2.37. The first-order valence-electron chi connectivity index (χ1n) is 8.63. The monoisotopic (exact) mass is 422 g/mol. The van der Waals surface area contributed by atoms with Gasteiger partial charge in [0.05, 0.1) is 11.5 Å². The number of hydrogen-bond acceptors (Lipinski definition) is 3. The van der Waals surface area contributed by atoms with Crippen LogP contribution in [0.3, 0.4) is 0 Å². The van der Waals surface area contributed by atoms with Crippen molar-refractivity contribution in [3.8, 4) is 0 Å². The lowest BCUT2D eigenvalue weighted by atomic mass is 9.86. The number of benzene rings is 2. The maximum Gasteiger partial charge on any atom is 0.250 e. The lowest BCUT2D eigenvalue weighted by Crippen LogP contribution is -2.21. The maximum atomic E-state index is 12.0. The zero-order valence-corrected chi connectivity index (χ0v) is 18.3. The van der Waals surface area contributed by atoms with E-state index in [4.69, 9.17) is 23.2 Å². The lowest BCUT2D eigenvalue weighted by Gasteiger charge is -2.19. The molecule has 3 nitrogen and oxygen atoms in total. The summed E-state index contributed by atoms with van der Waals surface area (Å²) < 4.78 is 0. The Morgan fingerprint density at radius 2 is 1.67 bits per heavy atom. The Kier molecular flexibility index (Phi) is 7.78. The van der Waals surface area contributed by atoms with Gasteiger partial charge in [0.15, 0.2) is 0 Å². The van der Waals surface area contributed by atoms with Crippen molar-refractivity contribution in [2.75, 3.05) is 5.75 Å². The van der Waals surface area contributed by atoms with E-state index >= 15 is 0 Å². The van der Waals surface area contributed by atoms with Gasteiger partial charge in [-0.3, -0.25) is 4.79 Å². The van der Waals surface area contributed by atoms with Gasteiger partial charge in [-0.05, 0) is 41.2 Å². The van der Waals surface area contributed by atoms with Crippen molar-refractivity contribution in [1.29, 1.82) is 0 Å². The van der Waals surface area contributed by atoms with E-state index in [0.717, 1.165) is 16.8 Å². The molecule has 2 aromatic rings. The molecule has 0 unspecified atom stereocenters. The quantitative estimate of drug-likeness (QED) is 0.453. The predicted molar refractivity (Wildman–Crippen MR) is 118 cm³/mol. The summed E-state index contributed by atoms with van der Waals surface area (Å²) in [6.07, 6.45) is 0. The molecule has 0 aromatic heterocycles. The van der Waals surface area contributed by atoms with Gasteiger partial charge in [0.25, 0.3) is 0 Å². The Balaban J connectivity index is 1.86. The van der Waals surface area contributed by atoms with Crippen LogP contribution in [0.4, 0.5) is 0 Å². The van der Waals surface area contributed by atoms with E-state index in [1.807, 2.05) is 19.1 Å². The van der Waals surface area contributed by atoms with Crippen molar-refractivity contribution in [3.63, 3.8) is 0 Å². The Labute approximate surface area is 175 Å². The number of nitrogens with zero attached hydrogens (tertiary/aromatic N) is 1. The predicted octanol–water partition coefficient (Wildman–Crippen LogP) is 6.06. The normalized spacial score (nSPS) is 12.1. The average molecular weight is 423 g/mol. The molecule has 0 spiro atoms. The smallest absolute Gasteiger partial charge is 0.250 e. The molecular formula is C21H24Cl2N2OS. The maximum absolute atomic E-state index is 12.0. The summed E-state index contributed by atoms with van der Waals surface area (Å²) in [6, 6.07) is 13.6. The Morgan fingerprint density at radius 1 is 1.07 bits per heavy atom. The Hall–Kier alpha value is -1.49. The van der Waals surface area contributed by atoms with Gasteiger partial charge in [-0.25, -0.2) is 5.43 Å². The molecule has 6 heteroatoms. The largest absolute Gasteiger partial charge is 0.272 e. The molecule has 0 radical (unpaired) electrons. The summed E-state index contributed by atoms with van der Waals surface area (Å²) in [5, 5.41) is 5.43. The van der Waals surface area contributed by atoms with Crippen LogP contribution in [0.2, 0.25) is 10.0 Å². The highest BCUT2D eigenvalue weighted by Gasteiger charge is 2.13. The average Bonchev–Trinajstić information content (AvgIpc) is 2.61. The standard InChI is InChI=1S/C21H24Cl2N2OS/c1-14(15-8-10-16(11-9-15)21(2,3)4)24-25-20(26)13-27-12-17-18(22)6-5-7-19(17)23/h5-11H,12-13H2,1-4H3,(H,25,26)/b24-14-. The van der Waals surface area contributed by atoms with Crippen LogP contribution in [0, 0.1) is 0 Å². The highest BCUT2D eigenvalue weighted by atomic mass is 35.5. The Bertz CT molecular complexity index is 807. The molecule has 0 heterocycles. The third-order valence-electron chi connectivity index (χ3n) is 4.06. The van der Waals surface area contributed by atoms with E-state index in [9.17, 15) is 4.79 Å². The first-order chi connectivity index (χ1) is 12.7. The molecule has 1 N–H and O–H groups in total. The highest BCUT2D eigenvalue weighted by molar-refractivity contribution is 7.99. The molecule has 0 atom stereocenters. The number of carbonyl (C=O) groups excluding carboxylic acids is 1. The molecule has 1 amide bonds. The third kappa shape index (κ3) is 6.56. The molecule has 0 saturated heterocycles. The van der Waals surface area contributed by atoms with E-state index in [-0.39, 0.29) is 17.1 Å². The molecule has 0 saturated carbocycles. The number of thioether (sulfide) groups is 1. The van der Waals surface area contributed by atoms with Gasteiger partial charge in [0.1, 0.15) is 0 Å². The van der Waals surface area contributed by atoms with E-state index in [1.54, 1.807) is 18.2 Å². The van der Waals surface area contributed by atoms with Gasteiger partial charge < -0.3 is 0 Å². The molecule has 0 aliphatic carbocycles. The molecule has 0 bridgehead atoms. The zero-order chi connectivity index (χ0) is 20.0. The number of hydrogen-bond donors (Lipinski definition) is 1. The molecule has 0 fully saturated rings. The summed E-state index contributed by atoms with van der Waals surface area (Å²) in [6.45, 7) is 8.41. The summed E-state index contributed by atoms with van der Waals surface area (Å²) >= 11 is 13.7. The van der Waals surface area contributed by atoms with Gasteiger partial charge in [-0.2, -0.15) is 5.10 Å². The summed E-state index contributed by atoms with van der Waals surface area (Å²) in [5.74, 6) is 0.693. The number of hydrazone groups is 1. The molecule has 0 aliphatic heterocycles. The van der Waals surface area contributed by atoms with Crippen molar-refractivity contribution in [1.82, 2.24) is 5.43 Å². The van der Waals surface area contributed by atoms with E-state index in [1.165, 1.54) is 17.3 Å². The second kappa shape index (κ2) is 9.63. The molecule has 2 aromatic carbocycles. The van der Waals surface area contributed by atoms with Crippen LogP contribution in [-0.2, 0) is 16.0 Å². The summed E-state index contributed by atoms with van der Waals surface area (Å²) in [5.41, 5.74) is 6.57. The van der Waals surface area contributed by atoms with Gasteiger partial charge in [0.2, 0.25) is 5.91 Å². The number of amides is 1. The number of rotatable bonds is 6. The number of carbonyl (C=O) groups is 1. The van der Waals surface area contributed by atoms with Crippen molar-refractivity contribution in [3.05, 3.63) is 69.2 Å². The van der Waals surface area contributed by atoms with Gasteiger partial charge in [0, 0.05) is 15.8 Å². The van der Waals surface area contributed by atoms with Crippen molar-refractivity contribution in [2.45, 2.75) is 38.9 Å². The van der Waals surface area contributed by atoms with E-state index in [2.05, 4.69) is 43.4 Å². The minimum atomic E-state index is -0.158. The second-order valence-corrected chi connectivity index (χ2v) is 9.05. The van der Waals surface area contributed by atoms with Crippen LogP contribution in [0.25, 0.3) is 0 Å². The molecule has 144 valence electrons. The Morgan fingerprint density at radius 3 is 2.22 bits per heavy atom. The van der Waals surface area contributed by atoms with Crippen molar-refractivity contribution < 1.29 is 4.79 Å². The fraction of sp³-hybridized carbons (Fsp3) is 0.333.